The number of aromatic nitrogens is 1. The van der Waals surface area contributed by atoms with Crippen molar-refractivity contribution in [2.75, 3.05) is 27.4 Å². The van der Waals surface area contributed by atoms with Gasteiger partial charge in [-0.05, 0) is 11.1 Å². The van der Waals surface area contributed by atoms with Gasteiger partial charge in [0.15, 0.2) is 0 Å². The van der Waals surface area contributed by atoms with Crippen LogP contribution in [0.3, 0.4) is 0 Å². The summed E-state index contributed by atoms with van der Waals surface area (Å²) in [5, 5.41) is 6.56. The molecule has 0 bridgehead atoms. The monoisotopic (exact) mass is 292 g/mol. The standard InChI is InChI=1S/C15H20N2O2S/c1-18-9-7-16-14(15-17-8-10-20-15)13-6-4-3-5-12(13)11-19-2/h3-6,8,10,14,16H,7,9,11H2,1-2H3. The average molecular weight is 292 g/mol. The molecule has 0 saturated heterocycles. The highest BCUT2D eigenvalue weighted by Crippen LogP contribution is 2.26. The van der Waals surface area contributed by atoms with Gasteiger partial charge in [-0.25, -0.2) is 4.98 Å². The van der Waals surface area contributed by atoms with Gasteiger partial charge in [-0.3, -0.25) is 0 Å². The minimum absolute atomic E-state index is 0.0801. The lowest BCUT2D eigenvalue weighted by Crippen LogP contribution is -2.26. The summed E-state index contributed by atoms with van der Waals surface area (Å²) >= 11 is 1.66. The van der Waals surface area contributed by atoms with Crippen LogP contribution in [0.5, 0.6) is 0 Å². The summed E-state index contributed by atoms with van der Waals surface area (Å²) in [6.45, 7) is 2.06. The molecule has 4 nitrogen and oxygen atoms in total. The van der Waals surface area contributed by atoms with Crippen molar-refractivity contribution in [3.63, 3.8) is 0 Å². The number of rotatable bonds is 8. The van der Waals surface area contributed by atoms with E-state index in [0.29, 0.717) is 13.2 Å². The molecule has 0 spiro atoms. The molecule has 108 valence electrons. The van der Waals surface area contributed by atoms with Gasteiger partial charge in [0.1, 0.15) is 5.01 Å². The van der Waals surface area contributed by atoms with Crippen LogP contribution < -0.4 is 5.32 Å². The Morgan fingerprint density at radius 3 is 2.80 bits per heavy atom. The van der Waals surface area contributed by atoms with E-state index in [-0.39, 0.29) is 6.04 Å². The summed E-state index contributed by atoms with van der Waals surface area (Å²) in [6, 6.07) is 8.38. The van der Waals surface area contributed by atoms with E-state index in [1.807, 2.05) is 23.7 Å². The molecule has 0 fully saturated rings. The van der Waals surface area contributed by atoms with E-state index in [1.54, 1.807) is 25.6 Å². The molecular weight excluding hydrogens is 272 g/mol. The molecule has 0 aliphatic heterocycles. The third-order valence-electron chi connectivity index (χ3n) is 3.02. The minimum atomic E-state index is 0.0801. The number of methoxy groups -OCH3 is 2. The predicted molar refractivity (Wildman–Crippen MR) is 81.0 cm³/mol. The fraction of sp³-hybridized carbons (Fsp3) is 0.400. The van der Waals surface area contributed by atoms with Crippen molar-refractivity contribution in [1.29, 1.82) is 0 Å². The second kappa shape index (κ2) is 8.11. The molecule has 1 aromatic carbocycles. The molecule has 2 aromatic rings. The molecule has 0 radical (unpaired) electrons. The third kappa shape index (κ3) is 3.86. The van der Waals surface area contributed by atoms with Gasteiger partial charge in [0.2, 0.25) is 0 Å². The van der Waals surface area contributed by atoms with Crippen LogP contribution in [0, 0.1) is 0 Å². The smallest absolute Gasteiger partial charge is 0.114 e. The van der Waals surface area contributed by atoms with Crippen molar-refractivity contribution in [3.05, 3.63) is 52.0 Å². The van der Waals surface area contributed by atoms with Crippen LogP contribution >= 0.6 is 11.3 Å². The van der Waals surface area contributed by atoms with Gasteiger partial charge in [-0.1, -0.05) is 24.3 Å². The van der Waals surface area contributed by atoms with Crippen molar-refractivity contribution in [1.82, 2.24) is 10.3 Å². The number of hydrogen-bond donors (Lipinski definition) is 1. The molecule has 0 saturated carbocycles. The first-order valence-electron chi connectivity index (χ1n) is 6.55. The Morgan fingerprint density at radius 1 is 1.25 bits per heavy atom. The second-order valence-electron chi connectivity index (χ2n) is 4.38. The van der Waals surface area contributed by atoms with E-state index >= 15 is 0 Å². The molecule has 1 heterocycles. The van der Waals surface area contributed by atoms with Crippen molar-refractivity contribution in [2.24, 2.45) is 0 Å². The minimum Gasteiger partial charge on any atom is -0.383 e. The molecule has 1 aromatic heterocycles. The van der Waals surface area contributed by atoms with Gasteiger partial charge in [0.25, 0.3) is 0 Å². The Morgan fingerprint density at radius 2 is 2.10 bits per heavy atom. The van der Waals surface area contributed by atoms with Crippen LogP contribution in [-0.2, 0) is 16.1 Å². The van der Waals surface area contributed by atoms with Gasteiger partial charge >= 0.3 is 0 Å². The molecule has 5 heteroatoms. The van der Waals surface area contributed by atoms with Crippen LogP contribution in [0.25, 0.3) is 0 Å². The lowest BCUT2D eigenvalue weighted by molar-refractivity contribution is 0.183. The zero-order chi connectivity index (χ0) is 14.2. The highest BCUT2D eigenvalue weighted by Gasteiger charge is 2.18. The number of ether oxygens (including phenoxy) is 2. The van der Waals surface area contributed by atoms with Gasteiger partial charge < -0.3 is 14.8 Å². The normalized spacial score (nSPS) is 12.5. The third-order valence-corrected chi connectivity index (χ3v) is 3.86. The van der Waals surface area contributed by atoms with E-state index in [2.05, 4.69) is 22.4 Å². The fourth-order valence-electron chi connectivity index (χ4n) is 2.12. The van der Waals surface area contributed by atoms with Crippen molar-refractivity contribution < 1.29 is 9.47 Å². The molecule has 1 N–H and O–H groups in total. The Hall–Kier alpha value is -1.27. The van der Waals surface area contributed by atoms with Gasteiger partial charge in [-0.2, -0.15) is 0 Å². The maximum Gasteiger partial charge on any atom is 0.114 e. The van der Waals surface area contributed by atoms with Gasteiger partial charge in [-0.15, -0.1) is 11.3 Å². The Balaban J connectivity index is 2.26. The van der Waals surface area contributed by atoms with E-state index in [1.165, 1.54) is 11.1 Å². The van der Waals surface area contributed by atoms with Crippen LogP contribution in [0.4, 0.5) is 0 Å². The summed E-state index contributed by atoms with van der Waals surface area (Å²) in [5.74, 6) is 0. The lowest BCUT2D eigenvalue weighted by Gasteiger charge is -2.20. The summed E-state index contributed by atoms with van der Waals surface area (Å²) in [6.07, 6.45) is 1.84. The van der Waals surface area contributed by atoms with Crippen molar-refractivity contribution in [2.45, 2.75) is 12.6 Å². The number of nitrogens with zero attached hydrogens (tertiary/aromatic N) is 1. The van der Waals surface area contributed by atoms with Crippen LogP contribution in [0.1, 0.15) is 22.2 Å². The van der Waals surface area contributed by atoms with Crippen LogP contribution in [-0.4, -0.2) is 32.4 Å². The molecule has 20 heavy (non-hydrogen) atoms. The van der Waals surface area contributed by atoms with Gasteiger partial charge in [0.05, 0.1) is 19.3 Å². The van der Waals surface area contributed by atoms with E-state index < -0.39 is 0 Å². The average Bonchev–Trinajstić information content (AvgIpc) is 2.99. The second-order valence-corrected chi connectivity index (χ2v) is 5.31. The predicted octanol–water partition coefficient (Wildman–Crippen LogP) is 2.61. The lowest BCUT2D eigenvalue weighted by atomic mass is 10.0. The maximum atomic E-state index is 5.29. The van der Waals surface area contributed by atoms with E-state index in [9.17, 15) is 0 Å². The molecule has 0 aliphatic carbocycles. The number of thiazole rings is 1. The maximum absolute atomic E-state index is 5.29. The quantitative estimate of drug-likeness (QED) is 0.760. The van der Waals surface area contributed by atoms with Crippen molar-refractivity contribution in [3.8, 4) is 0 Å². The zero-order valence-electron chi connectivity index (χ0n) is 11.8. The van der Waals surface area contributed by atoms with Crippen molar-refractivity contribution >= 4 is 11.3 Å². The molecular formula is C15H20N2O2S. The molecule has 1 atom stereocenters. The zero-order valence-corrected chi connectivity index (χ0v) is 12.7. The van der Waals surface area contributed by atoms with E-state index in [4.69, 9.17) is 9.47 Å². The summed E-state index contributed by atoms with van der Waals surface area (Å²) in [4.78, 5) is 4.45. The fourth-order valence-corrected chi connectivity index (χ4v) is 2.84. The number of benzene rings is 1. The Kier molecular flexibility index (Phi) is 6.14. The van der Waals surface area contributed by atoms with E-state index in [0.717, 1.165) is 11.6 Å². The Bertz CT molecular complexity index is 502. The number of hydrogen-bond acceptors (Lipinski definition) is 5. The first kappa shape index (κ1) is 15.1. The summed E-state index contributed by atoms with van der Waals surface area (Å²) in [5.41, 5.74) is 2.39. The van der Waals surface area contributed by atoms with Crippen LogP contribution in [0.15, 0.2) is 35.8 Å². The molecule has 0 amide bonds. The molecule has 1 unspecified atom stereocenters. The highest BCUT2D eigenvalue weighted by atomic mass is 32.1. The SMILES string of the molecule is COCCNC(c1nccs1)c1ccccc1COC. The van der Waals surface area contributed by atoms with Gasteiger partial charge in [0, 0.05) is 32.3 Å². The summed E-state index contributed by atoms with van der Waals surface area (Å²) < 4.78 is 10.4. The molecule has 2 rings (SSSR count). The largest absolute Gasteiger partial charge is 0.383 e. The topological polar surface area (TPSA) is 43.4 Å². The number of nitrogens with one attached hydrogen (secondary N) is 1. The molecule has 0 aliphatic rings. The first-order chi connectivity index (χ1) is 9.86. The van der Waals surface area contributed by atoms with Crippen LogP contribution in [0.2, 0.25) is 0 Å². The Labute approximate surface area is 123 Å². The highest BCUT2D eigenvalue weighted by molar-refractivity contribution is 7.09. The summed E-state index contributed by atoms with van der Waals surface area (Å²) in [7, 11) is 3.42. The first-order valence-corrected chi connectivity index (χ1v) is 7.43.